The number of alkyl halides is 2. The molecule has 7 nitrogen and oxygen atoms in total. The van der Waals surface area contributed by atoms with Gasteiger partial charge in [-0.1, -0.05) is 32.0 Å². The largest absolute Gasteiger partial charge is 0.478 e. The van der Waals surface area contributed by atoms with E-state index in [4.69, 9.17) is 10.2 Å². The fourth-order valence-electron chi connectivity index (χ4n) is 3.19. The van der Waals surface area contributed by atoms with Crippen molar-refractivity contribution in [2.24, 2.45) is 5.92 Å². The van der Waals surface area contributed by atoms with Crippen LogP contribution in [0.3, 0.4) is 0 Å². The van der Waals surface area contributed by atoms with Crippen LogP contribution in [0.25, 0.3) is 0 Å². The van der Waals surface area contributed by atoms with Crippen molar-refractivity contribution >= 4 is 11.9 Å². The molecule has 1 saturated heterocycles. The van der Waals surface area contributed by atoms with Crippen molar-refractivity contribution in [3.05, 3.63) is 42.0 Å². The third-order valence-corrected chi connectivity index (χ3v) is 4.36. The average molecular weight is 428 g/mol. The van der Waals surface area contributed by atoms with Crippen molar-refractivity contribution in [2.75, 3.05) is 19.6 Å². The Hall–Kier alpha value is -2.52. The molecule has 1 aromatic carbocycles. The van der Waals surface area contributed by atoms with E-state index in [2.05, 4.69) is 28.8 Å². The highest BCUT2D eigenvalue weighted by Crippen LogP contribution is 2.25. The minimum Gasteiger partial charge on any atom is -0.478 e. The van der Waals surface area contributed by atoms with Crippen LogP contribution in [0.15, 0.2) is 36.4 Å². The highest BCUT2D eigenvalue weighted by atomic mass is 19.3. The van der Waals surface area contributed by atoms with Crippen LogP contribution in [0.2, 0.25) is 0 Å². The zero-order valence-electron chi connectivity index (χ0n) is 17.3. The molecule has 9 heteroatoms. The summed E-state index contributed by atoms with van der Waals surface area (Å²) in [6.07, 6.45) is 3.32. The Bertz CT molecular complexity index is 676. The molecule has 2 rings (SSSR count). The Morgan fingerprint density at radius 2 is 1.73 bits per heavy atom. The predicted octanol–water partition coefficient (Wildman–Crippen LogP) is 3.21. The lowest BCUT2D eigenvalue weighted by molar-refractivity contribution is -0.134. The van der Waals surface area contributed by atoms with Gasteiger partial charge in [-0.2, -0.15) is 8.78 Å². The first kappa shape index (κ1) is 25.5. The Morgan fingerprint density at radius 1 is 1.17 bits per heavy atom. The molecular weight excluding hydrogens is 398 g/mol. The number of aliphatic carboxylic acids is 2. The second-order valence-corrected chi connectivity index (χ2v) is 7.30. The molecule has 30 heavy (non-hydrogen) atoms. The van der Waals surface area contributed by atoms with E-state index in [1.165, 1.54) is 0 Å². The molecule has 3 N–H and O–H groups in total. The van der Waals surface area contributed by atoms with Gasteiger partial charge in [-0.3, -0.25) is 4.90 Å². The van der Waals surface area contributed by atoms with E-state index in [1.54, 1.807) is 12.1 Å². The van der Waals surface area contributed by atoms with Crippen molar-refractivity contribution in [3.63, 3.8) is 0 Å². The van der Waals surface area contributed by atoms with Gasteiger partial charge in [-0.05, 0) is 37.9 Å². The molecule has 1 heterocycles. The molecule has 0 aliphatic carbocycles. The Labute approximate surface area is 175 Å². The van der Waals surface area contributed by atoms with Crippen LogP contribution in [0.1, 0.15) is 32.3 Å². The number of halogens is 2. The first-order chi connectivity index (χ1) is 14.2. The number of carboxylic acids is 2. The third kappa shape index (κ3) is 10.9. The zero-order valence-corrected chi connectivity index (χ0v) is 17.3. The number of nitrogens with one attached hydrogen (secondary N) is 1. The molecule has 1 aliphatic rings. The van der Waals surface area contributed by atoms with Crippen molar-refractivity contribution in [1.29, 1.82) is 0 Å². The van der Waals surface area contributed by atoms with Gasteiger partial charge < -0.3 is 20.3 Å². The van der Waals surface area contributed by atoms with Gasteiger partial charge in [0.25, 0.3) is 0 Å². The van der Waals surface area contributed by atoms with E-state index < -0.39 is 18.6 Å². The van der Waals surface area contributed by atoms with Gasteiger partial charge in [0, 0.05) is 36.8 Å². The van der Waals surface area contributed by atoms with Crippen molar-refractivity contribution in [2.45, 2.75) is 45.9 Å². The Balaban J connectivity index is 0.000000479. The van der Waals surface area contributed by atoms with Gasteiger partial charge in [0.1, 0.15) is 5.75 Å². The summed E-state index contributed by atoms with van der Waals surface area (Å²) in [6.45, 7) is 5.27. The van der Waals surface area contributed by atoms with Gasteiger partial charge >= 0.3 is 18.6 Å². The summed E-state index contributed by atoms with van der Waals surface area (Å²) < 4.78 is 29.8. The number of para-hydroxylation sites is 1. The lowest BCUT2D eigenvalue weighted by Crippen LogP contribution is -2.44. The van der Waals surface area contributed by atoms with E-state index in [-0.39, 0.29) is 0 Å². The second-order valence-electron chi connectivity index (χ2n) is 7.30. The quantitative estimate of drug-likeness (QED) is 0.520. The molecular formula is C21H30F2N2O5. The fraction of sp³-hybridized carbons (Fsp3) is 0.524. The zero-order chi connectivity index (χ0) is 22.5. The topological polar surface area (TPSA) is 99.1 Å². The SMILES string of the molecule is CC(C)CN(Cc1ccccc1OC(F)F)C1CCNCC1.O=C(O)/C=C/C(=O)O. The lowest BCUT2D eigenvalue weighted by Gasteiger charge is -2.36. The normalized spacial score (nSPS) is 14.8. The maximum absolute atomic E-state index is 12.6. The van der Waals surface area contributed by atoms with Crippen LogP contribution >= 0.6 is 0 Å². The summed E-state index contributed by atoms with van der Waals surface area (Å²) in [5, 5.41) is 19.0. The summed E-state index contributed by atoms with van der Waals surface area (Å²) in [6, 6.07) is 7.62. The standard InChI is InChI=1S/C17H26F2N2O.C4H4O4/c1-13(2)11-21(15-7-9-20-10-8-15)12-14-5-3-4-6-16(14)22-17(18)19;5-3(6)1-2-4(7)8/h3-6,13,15,17,20H,7-12H2,1-2H3;1-2H,(H,5,6)(H,7,8)/b;2-1+. The smallest absolute Gasteiger partial charge is 0.387 e. The maximum atomic E-state index is 12.6. The van der Waals surface area contributed by atoms with Crippen LogP contribution in [0, 0.1) is 5.92 Å². The van der Waals surface area contributed by atoms with Crippen molar-refractivity contribution in [3.8, 4) is 5.75 Å². The van der Waals surface area contributed by atoms with E-state index in [0.29, 0.717) is 36.4 Å². The first-order valence-corrected chi connectivity index (χ1v) is 9.80. The molecule has 0 spiro atoms. The number of piperidine rings is 1. The van der Waals surface area contributed by atoms with Crippen LogP contribution in [-0.4, -0.2) is 59.3 Å². The molecule has 0 bridgehead atoms. The lowest BCUT2D eigenvalue weighted by atomic mass is 10.0. The molecule has 0 saturated carbocycles. The molecule has 0 radical (unpaired) electrons. The van der Waals surface area contributed by atoms with Crippen LogP contribution in [0.5, 0.6) is 5.75 Å². The predicted molar refractivity (Wildman–Crippen MR) is 109 cm³/mol. The van der Waals surface area contributed by atoms with Gasteiger partial charge in [0.15, 0.2) is 0 Å². The Kier molecular flexibility index (Phi) is 11.6. The van der Waals surface area contributed by atoms with Crippen molar-refractivity contribution in [1.82, 2.24) is 10.2 Å². The first-order valence-electron chi connectivity index (χ1n) is 9.80. The molecule has 0 aromatic heterocycles. The van der Waals surface area contributed by atoms with Gasteiger partial charge in [0.2, 0.25) is 0 Å². The number of nitrogens with zero attached hydrogens (tertiary/aromatic N) is 1. The molecule has 1 fully saturated rings. The van der Waals surface area contributed by atoms with E-state index in [0.717, 1.165) is 38.0 Å². The average Bonchev–Trinajstić information content (AvgIpc) is 2.68. The van der Waals surface area contributed by atoms with Gasteiger partial charge in [-0.25, -0.2) is 9.59 Å². The number of rotatable bonds is 9. The molecule has 0 unspecified atom stereocenters. The summed E-state index contributed by atoms with van der Waals surface area (Å²) in [5.41, 5.74) is 0.835. The highest BCUT2D eigenvalue weighted by Gasteiger charge is 2.23. The van der Waals surface area contributed by atoms with Gasteiger partial charge in [-0.15, -0.1) is 0 Å². The van der Waals surface area contributed by atoms with E-state index in [9.17, 15) is 18.4 Å². The van der Waals surface area contributed by atoms with E-state index in [1.807, 2.05) is 12.1 Å². The van der Waals surface area contributed by atoms with Crippen LogP contribution in [-0.2, 0) is 16.1 Å². The molecule has 0 atom stereocenters. The summed E-state index contributed by atoms with van der Waals surface area (Å²) in [7, 11) is 0. The van der Waals surface area contributed by atoms with Crippen molar-refractivity contribution < 1.29 is 33.3 Å². The third-order valence-electron chi connectivity index (χ3n) is 4.36. The maximum Gasteiger partial charge on any atom is 0.387 e. The van der Waals surface area contributed by atoms with E-state index >= 15 is 0 Å². The minimum absolute atomic E-state index is 0.292. The summed E-state index contributed by atoms with van der Waals surface area (Å²) >= 11 is 0. The fourth-order valence-corrected chi connectivity index (χ4v) is 3.19. The molecule has 168 valence electrons. The summed E-state index contributed by atoms with van der Waals surface area (Å²) in [4.78, 5) is 21.5. The van der Waals surface area contributed by atoms with Crippen LogP contribution in [0.4, 0.5) is 8.78 Å². The van der Waals surface area contributed by atoms with Gasteiger partial charge in [0.05, 0.1) is 0 Å². The number of hydrogen-bond acceptors (Lipinski definition) is 5. The Morgan fingerprint density at radius 3 is 2.23 bits per heavy atom. The highest BCUT2D eigenvalue weighted by molar-refractivity contribution is 5.89. The number of carbonyl (C=O) groups is 2. The van der Waals surface area contributed by atoms with Crippen LogP contribution < -0.4 is 10.1 Å². The number of benzene rings is 1. The molecule has 1 aromatic rings. The number of ether oxygens (including phenoxy) is 1. The monoisotopic (exact) mass is 428 g/mol. The molecule has 0 amide bonds. The minimum atomic E-state index is -2.78. The second kappa shape index (κ2) is 13.7. The number of hydrogen-bond donors (Lipinski definition) is 3. The summed E-state index contributed by atoms with van der Waals surface area (Å²) in [5.74, 6) is -1.68. The number of carboxylic acid groups (broad SMARTS) is 2. The molecule has 1 aliphatic heterocycles.